The minimum atomic E-state index is -0.203. The van der Waals surface area contributed by atoms with Gasteiger partial charge in [0.15, 0.2) is 0 Å². The van der Waals surface area contributed by atoms with E-state index in [1.54, 1.807) is 7.11 Å². The van der Waals surface area contributed by atoms with Crippen molar-refractivity contribution in [2.45, 2.75) is 65.0 Å². The largest absolute Gasteiger partial charge is 0.497 e. The Kier molecular flexibility index (Phi) is 9.25. The van der Waals surface area contributed by atoms with Crippen LogP contribution >= 0.6 is 0 Å². The Hall–Kier alpha value is -2.86. The van der Waals surface area contributed by atoms with E-state index in [1.807, 2.05) is 47.4 Å². The number of nitrogens with zero attached hydrogens (tertiary/aromatic N) is 2. The summed E-state index contributed by atoms with van der Waals surface area (Å²) in [5, 5.41) is 3.33. The van der Waals surface area contributed by atoms with Crippen molar-refractivity contribution in [1.82, 2.24) is 15.1 Å². The van der Waals surface area contributed by atoms with Gasteiger partial charge >= 0.3 is 0 Å². The van der Waals surface area contributed by atoms with E-state index >= 15 is 0 Å². The minimum absolute atomic E-state index is 0.0123. The number of hydrogen-bond donors (Lipinski definition) is 1. The fourth-order valence-electron chi connectivity index (χ4n) is 5.93. The highest BCUT2D eigenvalue weighted by Gasteiger charge is 2.47. The molecule has 2 aromatic carbocycles. The molecule has 0 saturated carbocycles. The predicted octanol–water partition coefficient (Wildman–Crippen LogP) is 5.19. The van der Waals surface area contributed by atoms with E-state index in [0.717, 1.165) is 81.6 Å². The smallest absolute Gasteiger partial charge is 0.229 e. The van der Waals surface area contributed by atoms with Crippen LogP contribution in [0.5, 0.6) is 5.75 Å². The average molecular weight is 506 g/mol. The molecule has 1 atom stereocenters. The van der Waals surface area contributed by atoms with Gasteiger partial charge in [-0.2, -0.15) is 0 Å². The Morgan fingerprint density at radius 2 is 1.62 bits per heavy atom. The van der Waals surface area contributed by atoms with Crippen molar-refractivity contribution < 1.29 is 14.3 Å². The quantitative estimate of drug-likeness (QED) is 0.456. The number of hydrogen-bond acceptors (Lipinski definition) is 4. The summed E-state index contributed by atoms with van der Waals surface area (Å²) in [6.07, 6.45) is 5.39. The summed E-state index contributed by atoms with van der Waals surface area (Å²) < 4.78 is 5.25. The molecular weight excluding hydrogens is 462 g/mol. The van der Waals surface area contributed by atoms with Gasteiger partial charge in [0.05, 0.1) is 18.6 Å². The Bertz CT molecular complexity index is 1010. The Morgan fingerprint density at radius 1 is 0.973 bits per heavy atom. The van der Waals surface area contributed by atoms with Crippen LogP contribution in [0.4, 0.5) is 0 Å². The molecule has 0 bridgehead atoms. The molecule has 4 rings (SSSR count). The van der Waals surface area contributed by atoms with Crippen molar-refractivity contribution in [3.05, 3.63) is 65.7 Å². The standard InChI is InChI=1S/C31H43N3O3/c1-4-25(5-2)29(35)32-28(26-9-7-6-8-10-26)15-19-33-20-16-31(17-21-33)18-22-34(30(31)36)23-24-11-13-27(37-3)14-12-24/h6-14,25,28H,4-5,15-23H2,1-3H3,(H,32,35). The lowest BCUT2D eigenvalue weighted by atomic mass is 9.77. The van der Waals surface area contributed by atoms with Crippen LogP contribution in [0.15, 0.2) is 54.6 Å². The fraction of sp³-hybridized carbons (Fsp3) is 0.548. The van der Waals surface area contributed by atoms with Gasteiger partial charge in [0.25, 0.3) is 0 Å². The molecule has 2 amide bonds. The molecule has 1 N–H and O–H groups in total. The fourth-order valence-corrected chi connectivity index (χ4v) is 5.93. The maximum Gasteiger partial charge on any atom is 0.229 e. The van der Waals surface area contributed by atoms with Gasteiger partial charge in [0.2, 0.25) is 11.8 Å². The molecule has 0 aliphatic carbocycles. The Labute approximate surface area is 222 Å². The molecule has 2 aromatic rings. The van der Waals surface area contributed by atoms with E-state index in [-0.39, 0.29) is 23.3 Å². The zero-order valence-corrected chi connectivity index (χ0v) is 22.7. The molecule has 2 fully saturated rings. The first kappa shape index (κ1) is 27.2. The first-order chi connectivity index (χ1) is 18.0. The normalized spacial score (nSPS) is 18.4. The van der Waals surface area contributed by atoms with Gasteiger partial charge in [-0.15, -0.1) is 0 Å². The molecule has 2 aliphatic rings. The van der Waals surface area contributed by atoms with Crippen molar-refractivity contribution in [3.8, 4) is 5.75 Å². The number of nitrogens with one attached hydrogen (secondary N) is 1. The van der Waals surface area contributed by atoms with Crippen LogP contribution in [0.3, 0.4) is 0 Å². The van der Waals surface area contributed by atoms with Gasteiger partial charge in [-0.3, -0.25) is 9.59 Å². The van der Waals surface area contributed by atoms with Crippen LogP contribution in [-0.4, -0.2) is 54.9 Å². The minimum Gasteiger partial charge on any atom is -0.497 e. The van der Waals surface area contributed by atoms with Crippen molar-refractivity contribution >= 4 is 11.8 Å². The number of carbonyl (C=O) groups excluding carboxylic acids is 2. The monoisotopic (exact) mass is 505 g/mol. The second kappa shape index (κ2) is 12.6. The molecule has 1 spiro atoms. The van der Waals surface area contributed by atoms with Gasteiger partial charge < -0.3 is 19.9 Å². The van der Waals surface area contributed by atoms with E-state index in [2.05, 4.69) is 36.2 Å². The number of piperidine rings is 1. The summed E-state index contributed by atoms with van der Waals surface area (Å²) in [5.41, 5.74) is 2.10. The average Bonchev–Trinajstić information content (AvgIpc) is 3.23. The third-order valence-corrected chi connectivity index (χ3v) is 8.56. The van der Waals surface area contributed by atoms with Gasteiger partial charge in [0, 0.05) is 25.6 Å². The molecule has 200 valence electrons. The Morgan fingerprint density at radius 3 is 2.24 bits per heavy atom. The lowest BCUT2D eigenvalue weighted by molar-refractivity contribution is -0.139. The van der Waals surface area contributed by atoms with Crippen molar-refractivity contribution in [2.24, 2.45) is 11.3 Å². The second-order valence-electron chi connectivity index (χ2n) is 10.7. The third-order valence-electron chi connectivity index (χ3n) is 8.56. The van der Waals surface area contributed by atoms with E-state index in [0.29, 0.717) is 12.5 Å². The molecule has 2 aliphatic heterocycles. The molecule has 37 heavy (non-hydrogen) atoms. The maximum absolute atomic E-state index is 13.4. The molecule has 2 saturated heterocycles. The van der Waals surface area contributed by atoms with E-state index in [4.69, 9.17) is 4.74 Å². The molecule has 6 nitrogen and oxygen atoms in total. The van der Waals surface area contributed by atoms with Gasteiger partial charge in [-0.1, -0.05) is 56.3 Å². The van der Waals surface area contributed by atoms with E-state index < -0.39 is 0 Å². The molecule has 1 unspecified atom stereocenters. The maximum atomic E-state index is 13.4. The number of carbonyl (C=O) groups is 2. The summed E-state index contributed by atoms with van der Waals surface area (Å²) in [6.45, 7) is 8.46. The van der Waals surface area contributed by atoms with Crippen molar-refractivity contribution in [2.75, 3.05) is 33.3 Å². The highest BCUT2D eigenvalue weighted by molar-refractivity contribution is 5.85. The number of amides is 2. The van der Waals surface area contributed by atoms with Crippen LogP contribution in [0, 0.1) is 11.3 Å². The van der Waals surface area contributed by atoms with Crippen LogP contribution in [0.25, 0.3) is 0 Å². The number of benzene rings is 2. The summed E-state index contributed by atoms with van der Waals surface area (Å²) in [4.78, 5) is 30.8. The molecule has 6 heteroatoms. The van der Waals surface area contributed by atoms with E-state index in [9.17, 15) is 9.59 Å². The number of ether oxygens (including phenoxy) is 1. The molecule has 0 radical (unpaired) electrons. The van der Waals surface area contributed by atoms with Crippen LogP contribution in [-0.2, 0) is 16.1 Å². The lowest BCUT2D eigenvalue weighted by Gasteiger charge is -2.38. The molecular formula is C31H43N3O3. The number of methoxy groups -OCH3 is 1. The van der Waals surface area contributed by atoms with Crippen LogP contribution in [0.1, 0.15) is 69.5 Å². The second-order valence-corrected chi connectivity index (χ2v) is 10.7. The zero-order chi connectivity index (χ0) is 26.3. The highest BCUT2D eigenvalue weighted by Crippen LogP contribution is 2.42. The third kappa shape index (κ3) is 6.53. The summed E-state index contributed by atoms with van der Waals surface area (Å²) in [5.74, 6) is 1.38. The van der Waals surface area contributed by atoms with Crippen molar-refractivity contribution in [1.29, 1.82) is 0 Å². The molecule has 2 heterocycles. The molecule has 0 aromatic heterocycles. The van der Waals surface area contributed by atoms with E-state index in [1.165, 1.54) is 0 Å². The van der Waals surface area contributed by atoms with Crippen molar-refractivity contribution in [3.63, 3.8) is 0 Å². The topological polar surface area (TPSA) is 61.9 Å². The van der Waals surface area contributed by atoms with Crippen LogP contribution in [0.2, 0.25) is 0 Å². The lowest BCUT2D eigenvalue weighted by Crippen LogP contribution is -2.45. The number of likely N-dealkylation sites (tertiary alicyclic amines) is 2. The summed E-state index contributed by atoms with van der Waals surface area (Å²) in [7, 11) is 1.67. The predicted molar refractivity (Wildman–Crippen MR) is 147 cm³/mol. The highest BCUT2D eigenvalue weighted by atomic mass is 16.5. The zero-order valence-electron chi connectivity index (χ0n) is 22.7. The van der Waals surface area contributed by atoms with Gasteiger partial charge in [0.1, 0.15) is 5.75 Å². The van der Waals surface area contributed by atoms with Crippen LogP contribution < -0.4 is 10.1 Å². The number of rotatable bonds is 11. The first-order valence-corrected chi connectivity index (χ1v) is 14.0. The summed E-state index contributed by atoms with van der Waals surface area (Å²) in [6, 6.07) is 18.3. The Balaban J connectivity index is 1.31. The van der Waals surface area contributed by atoms with Gasteiger partial charge in [-0.25, -0.2) is 0 Å². The first-order valence-electron chi connectivity index (χ1n) is 14.0. The van der Waals surface area contributed by atoms with Gasteiger partial charge in [-0.05, 0) is 74.9 Å². The SMILES string of the molecule is CCC(CC)C(=O)NC(CCN1CCC2(CC1)CCN(Cc1ccc(OC)cc1)C2=O)c1ccccc1. The summed E-state index contributed by atoms with van der Waals surface area (Å²) >= 11 is 0.